The topological polar surface area (TPSA) is 43.8 Å². The summed E-state index contributed by atoms with van der Waals surface area (Å²) in [6.45, 7) is 8.08. The van der Waals surface area contributed by atoms with E-state index in [1.165, 1.54) is 11.1 Å². The molecule has 3 heterocycles. The molecule has 5 nitrogen and oxygen atoms in total. The van der Waals surface area contributed by atoms with Crippen LogP contribution in [0.4, 0.5) is 5.82 Å². The molecule has 25 heavy (non-hydrogen) atoms. The lowest BCUT2D eigenvalue weighted by Gasteiger charge is -2.29. The lowest BCUT2D eigenvalue weighted by molar-refractivity contribution is 0.122. The molecule has 1 aromatic heterocycles. The van der Waals surface area contributed by atoms with Crippen molar-refractivity contribution in [2.24, 2.45) is 0 Å². The van der Waals surface area contributed by atoms with Gasteiger partial charge >= 0.3 is 0 Å². The number of anilines is 1. The second-order valence-electron chi connectivity index (χ2n) is 6.69. The average molecular weight is 340 g/mol. The van der Waals surface area contributed by atoms with Crippen LogP contribution in [-0.2, 0) is 4.74 Å². The summed E-state index contributed by atoms with van der Waals surface area (Å²) < 4.78 is 17.7. The van der Waals surface area contributed by atoms with Crippen LogP contribution in [0.3, 0.4) is 0 Å². The highest BCUT2D eigenvalue weighted by Gasteiger charge is 2.23. The van der Waals surface area contributed by atoms with Gasteiger partial charge in [-0.2, -0.15) is 0 Å². The minimum absolute atomic E-state index is 0.0224. The van der Waals surface area contributed by atoms with E-state index in [1.807, 2.05) is 18.3 Å². The highest BCUT2D eigenvalue weighted by molar-refractivity contribution is 5.47. The monoisotopic (exact) mass is 340 g/mol. The lowest BCUT2D eigenvalue weighted by atomic mass is 10.0. The number of ether oxygens (including phenoxy) is 3. The van der Waals surface area contributed by atoms with Gasteiger partial charge in [0, 0.05) is 31.3 Å². The Morgan fingerprint density at radius 2 is 1.88 bits per heavy atom. The number of benzene rings is 1. The highest BCUT2D eigenvalue weighted by atomic mass is 16.5. The Morgan fingerprint density at radius 3 is 2.72 bits per heavy atom. The van der Waals surface area contributed by atoms with E-state index in [9.17, 15) is 0 Å². The summed E-state index contributed by atoms with van der Waals surface area (Å²) >= 11 is 0. The number of aromatic nitrogens is 1. The molecule has 1 unspecified atom stereocenters. The summed E-state index contributed by atoms with van der Waals surface area (Å²) in [5.41, 5.74) is 3.51. The van der Waals surface area contributed by atoms with Crippen molar-refractivity contribution in [3.63, 3.8) is 0 Å². The molecule has 0 saturated carbocycles. The summed E-state index contributed by atoms with van der Waals surface area (Å²) in [6, 6.07) is 8.27. The molecule has 1 saturated heterocycles. The Morgan fingerprint density at radius 1 is 1.04 bits per heavy atom. The third kappa shape index (κ3) is 3.42. The van der Waals surface area contributed by atoms with Gasteiger partial charge in [0.2, 0.25) is 0 Å². The van der Waals surface area contributed by atoms with Gasteiger partial charge in [0.05, 0.1) is 19.8 Å². The first kappa shape index (κ1) is 16.2. The Bertz CT molecular complexity index is 757. The first-order chi connectivity index (χ1) is 12.2. The average Bonchev–Trinajstić information content (AvgIpc) is 2.84. The normalized spacial score (nSPS) is 20.2. The molecule has 0 aliphatic carbocycles. The second kappa shape index (κ2) is 6.92. The Kier molecular flexibility index (Phi) is 4.49. The van der Waals surface area contributed by atoms with Crippen LogP contribution in [0.15, 0.2) is 30.5 Å². The molecule has 1 atom stereocenters. The molecule has 2 aliphatic rings. The van der Waals surface area contributed by atoms with Gasteiger partial charge in [0.25, 0.3) is 0 Å². The van der Waals surface area contributed by atoms with Crippen molar-refractivity contribution < 1.29 is 14.2 Å². The van der Waals surface area contributed by atoms with Gasteiger partial charge in [0.1, 0.15) is 11.9 Å². The number of aryl methyl sites for hydroxylation is 2. The van der Waals surface area contributed by atoms with Gasteiger partial charge in [-0.3, -0.25) is 0 Å². The van der Waals surface area contributed by atoms with Crippen molar-refractivity contribution in [3.8, 4) is 11.5 Å². The van der Waals surface area contributed by atoms with E-state index in [-0.39, 0.29) is 6.10 Å². The number of pyridine rings is 1. The van der Waals surface area contributed by atoms with Gasteiger partial charge in [-0.05, 0) is 43.2 Å². The van der Waals surface area contributed by atoms with Crippen LogP contribution in [0.2, 0.25) is 0 Å². The number of rotatable bonds is 2. The van der Waals surface area contributed by atoms with E-state index in [0.717, 1.165) is 55.6 Å². The van der Waals surface area contributed by atoms with E-state index in [4.69, 9.17) is 14.2 Å². The lowest BCUT2D eigenvalue weighted by Crippen LogP contribution is -2.36. The van der Waals surface area contributed by atoms with Crippen molar-refractivity contribution in [3.05, 3.63) is 47.2 Å². The number of hydrogen-bond acceptors (Lipinski definition) is 5. The fraction of sp³-hybridized carbons (Fsp3) is 0.450. The zero-order valence-corrected chi connectivity index (χ0v) is 14.8. The predicted octanol–water partition coefficient (Wildman–Crippen LogP) is 3.44. The standard InChI is InChI=1S/C20H24N2O3/c1-14-3-4-18-19(11-14)25-17(5-8-24-18)16-12-20(21-13-15(16)2)22-6-9-23-10-7-22/h3-4,11-13,17H,5-10H2,1-2H3. The Hall–Kier alpha value is -2.27. The molecule has 2 aliphatic heterocycles. The van der Waals surface area contributed by atoms with Crippen molar-refractivity contribution >= 4 is 5.82 Å². The molecule has 4 rings (SSSR count). The van der Waals surface area contributed by atoms with Gasteiger partial charge in [-0.25, -0.2) is 4.98 Å². The first-order valence-corrected chi connectivity index (χ1v) is 8.90. The van der Waals surface area contributed by atoms with E-state index in [2.05, 4.69) is 35.9 Å². The van der Waals surface area contributed by atoms with Crippen molar-refractivity contribution in [1.82, 2.24) is 4.98 Å². The third-order valence-corrected chi connectivity index (χ3v) is 4.82. The molecule has 0 amide bonds. The summed E-state index contributed by atoms with van der Waals surface area (Å²) in [4.78, 5) is 6.90. The molecule has 0 bridgehead atoms. The van der Waals surface area contributed by atoms with Crippen molar-refractivity contribution in [1.29, 1.82) is 0 Å². The van der Waals surface area contributed by atoms with Crippen molar-refractivity contribution in [2.45, 2.75) is 26.4 Å². The largest absolute Gasteiger partial charge is 0.490 e. The Balaban J connectivity index is 1.64. The van der Waals surface area contributed by atoms with Gasteiger partial charge < -0.3 is 19.1 Å². The van der Waals surface area contributed by atoms with Gasteiger partial charge in [-0.15, -0.1) is 0 Å². The zero-order valence-electron chi connectivity index (χ0n) is 14.8. The first-order valence-electron chi connectivity index (χ1n) is 8.90. The maximum atomic E-state index is 6.35. The molecule has 0 radical (unpaired) electrons. The molecule has 5 heteroatoms. The SMILES string of the molecule is Cc1ccc2c(c1)OC(c1cc(N3CCOCC3)ncc1C)CCO2. The number of fused-ring (bicyclic) bond motifs is 1. The fourth-order valence-electron chi connectivity index (χ4n) is 3.37. The molecule has 2 aromatic rings. The van der Waals surface area contributed by atoms with Crippen LogP contribution in [0.5, 0.6) is 11.5 Å². The molecule has 1 fully saturated rings. The maximum absolute atomic E-state index is 6.35. The molecular formula is C20H24N2O3. The van der Waals surface area contributed by atoms with E-state index < -0.39 is 0 Å². The summed E-state index contributed by atoms with van der Waals surface area (Å²) in [5.74, 6) is 2.65. The van der Waals surface area contributed by atoms with Crippen LogP contribution in [0.1, 0.15) is 29.2 Å². The molecule has 0 spiro atoms. The van der Waals surface area contributed by atoms with Gasteiger partial charge in [-0.1, -0.05) is 6.07 Å². The number of hydrogen-bond donors (Lipinski definition) is 0. The van der Waals surface area contributed by atoms with Crippen molar-refractivity contribution in [2.75, 3.05) is 37.8 Å². The van der Waals surface area contributed by atoms with Crippen LogP contribution in [-0.4, -0.2) is 37.9 Å². The smallest absolute Gasteiger partial charge is 0.162 e. The summed E-state index contributed by atoms with van der Waals surface area (Å²) in [5, 5.41) is 0. The number of nitrogens with zero attached hydrogens (tertiary/aromatic N) is 2. The predicted molar refractivity (Wildman–Crippen MR) is 96.7 cm³/mol. The molecule has 0 N–H and O–H groups in total. The summed E-state index contributed by atoms with van der Waals surface area (Å²) in [7, 11) is 0. The highest BCUT2D eigenvalue weighted by Crippen LogP contribution is 2.37. The number of morpholine rings is 1. The molecular weight excluding hydrogens is 316 g/mol. The van der Waals surface area contributed by atoms with Gasteiger partial charge in [0.15, 0.2) is 11.5 Å². The van der Waals surface area contributed by atoms with Crippen LogP contribution < -0.4 is 14.4 Å². The zero-order chi connectivity index (χ0) is 17.2. The maximum Gasteiger partial charge on any atom is 0.162 e. The van der Waals surface area contributed by atoms with E-state index in [1.54, 1.807) is 0 Å². The quantitative estimate of drug-likeness (QED) is 0.838. The fourth-order valence-corrected chi connectivity index (χ4v) is 3.37. The second-order valence-corrected chi connectivity index (χ2v) is 6.69. The van der Waals surface area contributed by atoms with Crippen LogP contribution >= 0.6 is 0 Å². The van der Waals surface area contributed by atoms with E-state index >= 15 is 0 Å². The summed E-state index contributed by atoms with van der Waals surface area (Å²) in [6.07, 6.45) is 2.75. The van der Waals surface area contributed by atoms with Crippen LogP contribution in [0, 0.1) is 13.8 Å². The molecule has 132 valence electrons. The Labute approximate surface area is 148 Å². The van der Waals surface area contributed by atoms with E-state index in [0.29, 0.717) is 6.61 Å². The van der Waals surface area contributed by atoms with Crippen LogP contribution in [0.25, 0.3) is 0 Å². The third-order valence-electron chi connectivity index (χ3n) is 4.82. The minimum atomic E-state index is -0.0224. The molecule has 1 aromatic carbocycles. The minimum Gasteiger partial charge on any atom is -0.490 e.